The van der Waals surface area contributed by atoms with Gasteiger partial charge in [0.25, 0.3) is 0 Å². The van der Waals surface area contributed by atoms with Gasteiger partial charge in [-0.1, -0.05) is 84.9 Å². The molecule has 0 saturated carbocycles. The zero-order chi connectivity index (χ0) is 33.1. The van der Waals surface area contributed by atoms with E-state index in [1.165, 1.54) is 51.1 Å². The fourth-order valence-corrected chi connectivity index (χ4v) is 10.6. The molecular formula is C44H22N4S2. The Morgan fingerprint density at radius 1 is 0.400 bits per heavy atom. The van der Waals surface area contributed by atoms with Crippen molar-refractivity contribution in [1.82, 2.24) is 9.13 Å². The van der Waals surface area contributed by atoms with Gasteiger partial charge in [-0.05, 0) is 48.5 Å². The number of nitrogens with zero attached hydrogens (tertiary/aromatic N) is 4. The maximum atomic E-state index is 10.4. The molecule has 0 fully saturated rings. The second-order valence-corrected chi connectivity index (χ2v) is 14.8. The Labute approximate surface area is 293 Å². The first-order chi connectivity index (χ1) is 24.7. The highest BCUT2D eigenvalue weighted by Gasteiger charge is 2.24. The van der Waals surface area contributed by atoms with Gasteiger partial charge in [0, 0.05) is 61.9 Å². The van der Waals surface area contributed by atoms with Crippen LogP contribution >= 0.6 is 22.7 Å². The molecule has 11 rings (SSSR count). The molecule has 11 aromatic rings. The van der Waals surface area contributed by atoms with E-state index in [0.29, 0.717) is 11.1 Å². The molecule has 7 aromatic carbocycles. The lowest BCUT2D eigenvalue weighted by molar-refractivity contribution is 1.09. The molecule has 230 valence electrons. The van der Waals surface area contributed by atoms with Gasteiger partial charge in [-0.2, -0.15) is 10.5 Å². The molecule has 0 aliphatic rings. The van der Waals surface area contributed by atoms with Gasteiger partial charge in [0.2, 0.25) is 0 Å². The summed E-state index contributed by atoms with van der Waals surface area (Å²) in [5.74, 6) is 0. The van der Waals surface area contributed by atoms with Gasteiger partial charge < -0.3 is 9.13 Å². The minimum Gasteiger partial charge on any atom is -0.307 e. The van der Waals surface area contributed by atoms with Crippen molar-refractivity contribution in [2.24, 2.45) is 0 Å². The summed E-state index contributed by atoms with van der Waals surface area (Å²) in [4.78, 5) is 0. The molecule has 4 nitrogen and oxygen atoms in total. The number of benzene rings is 7. The fourth-order valence-electron chi connectivity index (χ4n) is 8.11. The van der Waals surface area contributed by atoms with E-state index in [4.69, 9.17) is 0 Å². The molecule has 4 heterocycles. The lowest BCUT2D eigenvalue weighted by atomic mass is 10.1. The molecule has 0 radical (unpaired) electrons. The predicted octanol–water partition coefficient (Wildman–Crippen LogP) is 12.4. The van der Waals surface area contributed by atoms with Crippen molar-refractivity contribution in [3.8, 4) is 23.5 Å². The molecule has 0 amide bonds. The molecule has 50 heavy (non-hydrogen) atoms. The molecule has 0 aliphatic heterocycles. The largest absolute Gasteiger partial charge is 0.307 e. The first-order valence-electron chi connectivity index (χ1n) is 16.4. The summed E-state index contributed by atoms with van der Waals surface area (Å²) in [6, 6.07) is 51.7. The van der Waals surface area contributed by atoms with Crippen molar-refractivity contribution in [2.75, 3.05) is 0 Å². The third-order valence-electron chi connectivity index (χ3n) is 10.2. The first kappa shape index (κ1) is 27.5. The average Bonchev–Trinajstić information content (AvgIpc) is 3.91. The fraction of sp³-hybridized carbons (Fsp3) is 0. The summed E-state index contributed by atoms with van der Waals surface area (Å²) in [6.07, 6.45) is 0. The van der Waals surface area contributed by atoms with Gasteiger partial charge in [-0.3, -0.25) is 0 Å². The summed E-state index contributed by atoms with van der Waals surface area (Å²) < 4.78 is 9.61. The van der Waals surface area contributed by atoms with Crippen LogP contribution in [0.2, 0.25) is 0 Å². The number of nitriles is 2. The van der Waals surface area contributed by atoms with Crippen LogP contribution in [0.25, 0.3) is 95.3 Å². The molecule has 0 spiro atoms. The van der Waals surface area contributed by atoms with E-state index in [1.54, 1.807) is 0 Å². The number of para-hydroxylation sites is 2. The molecule has 0 bridgehead atoms. The average molecular weight is 671 g/mol. The molecule has 6 heteroatoms. The van der Waals surface area contributed by atoms with Crippen LogP contribution in [-0.4, -0.2) is 9.13 Å². The lowest BCUT2D eigenvalue weighted by Crippen LogP contribution is -2.05. The van der Waals surface area contributed by atoms with Crippen molar-refractivity contribution in [2.45, 2.75) is 0 Å². The van der Waals surface area contributed by atoms with Crippen LogP contribution in [0.4, 0.5) is 0 Å². The van der Waals surface area contributed by atoms with Crippen LogP contribution in [0.1, 0.15) is 11.1 Å². The normalized spacial score (nSPS) is 12.0. The number of hydrogen-bond acceptors (Lipinski definition) is 4. The molecule has 4 aromatic heterocycles. The standard InChI is InChI=1S/C44H22N4S2/c45-23-25-21-37(47-33-13-5-1-11-31(33)41-35(47)19-17-29-27-9-3-7-15-39(27)49-43(29)41)38(22-26(25)24-46)48-34-14-6-2-12-32(34)42-36(48)20-18-30-28-10-4-8-16-40(28)50-44(30)42/h1-22H. The van der Waals surface area contributed by atoms with Crippen LogP contribution in [0, 0.1) is 22.7 Å². The minimum atomic E-state index is 0.354. The highest BCUT2D eigenvalue weighted by atomic mass is 32.1. The van der Waals surface area contributed by atoms with E-state index in [0.717, 1.165) is 44.2 Å². The minimum absolute atomic E-state index is 0.354. The Morgan fingerprint density at radius 2 is 0.800 bits per heavy atom. The van der Waals surface area contributed by atoms with Gasteiger partial charge in [0.15, 0.2) is 0 Å². The van der Waals surface area contributed by atoms with Crippen LogP contribution in [0.3, 0.4) is 0 Å². The Balaban J connectivity index is 1.32. The molecule has 0 saturated heterocycles. The third-order valence-corrected chi connectivity index (χ3v) is 12.6. The number of aromatic nitrogens is 2. The van der Waals surface area contributed by atoms with Gasteiger partial charge in [0.05, 0.1) is 44.6 Å². The summed E-state index contributed by atoms with van der Waals surface area (Å²) in [5, 5.41) is 30.4. The van der Waals surface area contributed by atoms with Gasteiger partial charge >= 0.3 is 0 Å². The van der Waals surface area contributed by atoms with E-state index in [-0.39, 0.29) is 0 Å². The second kappa shape index (κ2) is 10.0. The van der Waals surface area contributed by atoms with Crippen LogP contribution in [0.5, 0.6) is 0 Å². The van der Waals surface area contributed by atoms with Crippen LogP contribution in [-0.2, 0) is 0 Å². The van der Waals surface area contributed by atoms with E-state index < -0.39 is 0 Å². The highest BCUT2D eigenvalue weighted by Crippen LogP contribution is 2.47. The predicted molar refractivity (Wildman–Crippen MR) is 210 cm³/mol. The van der Waals surface area contributed by atoms with E-state index in [9.17, 15) is 10.5 Å². The van der Waals surface area contributed by atoms with Crippen molar-refractivity contribution in [3.63, 3.8) is 0 Å². The summed E-state index contributed by atoms with van der Waals surface area (Å²) >= 11 is 3.65. The maximum absolute atomic E-state index is 10.4. The lowest BCUT2D eigenvalue weighted by Gasteiger charge is -2.18. The third kappa shape index (κ3) is 3.51. The van der Waals surface area contributed by atoms with Crippen LogP contribution < -0.4 is 0 Å². The number of fused-ring (bicyclic) bond motifs is 14. The molecule has 0 atom stereocenters. The number of thiophene rings is 2. The van der Waals surface area contributed by atoms with E-state index in [2.05, 4.69) is 143 Å². The monoisotopic (exact) mass is 670 g/mol. The molecule has 0 unspecified atom stereocenters. The topological polar surface area (TPSA) is 57.4 Å². The summed E-state index contributed by atoms with van der Waals surface area (Å²) in [5.41, 5.74) is 6.64. The Morgan fingerprint density at radius 3 is 1.24 bits per heavy atom. The quantitative estimate of drug-likeness (QED) is 0.184. The summed E-state index contributed by atoms with van der Waals surface area (Å²) in [7, 11) is 0. The van der Waals surface area contributed by atoms with Gasteiger partial charge in [-0.25, -0.2) is 0 Å². The molecular weight excluding hydrogens is 649 g/mol. The van der Waals surface area contributed by atoms with Crippen LogP contribution in [0.15, 0.2) is 133 Å². The summed E-state index contributed by atoms with van der Waals surface area (Å²) in [6.45, 7) is 0. The van der Waals surface area contributed by atoms with Gasteiger partial charge in [-0.15, -0.1) is 22.7 Å². The van der Waals surface area contributed by atoms with Crippen molar-refractivity contribution < 1.29 is 0 Å². The zero-order valence-electron chi connectivity index (χ0n) is 26.3. The van der Waals surface area contributed by atoms with Gasteiger partial charge in [0.1, 0.15) is 12.1 Å². The number of rotatable bonds is 2. The Bertz CT molecular complexity index is 3130. The second-order valence-electron chi connectivity index (χ2n) is 12.7. The molecule has 0 aliphatic carbocycles. The van der Waals surface area contributed by atoms with E-state index >= 15 is 0 Å². The van der Waals surface area contributed by atoms with Crippen molar-refractivity contribution in [1.29, 1.82) is 10.5 Å². The van der Waals surface area contributed by atoms with Crippen molar-refractivity contribution in [3.05, 3.63) is 145 Å². The molecule has 0 N–H and O–H groups in total. The number of hydrogen-bond donors (Lipinski definition) is 0. The SMILES string of the molecule is N#Cc1cc(-n2c3ccccc3c3c4sc5ccccc5c4ccc32)c(-n2c3ccccc3c3c4sc5ccccc5c4ccc32)cc1C#N. The maximum Gasteiger partial charge on any atom is 0.101 e. The first-order valence-corrected chi connectivity index (χ1v) is 18.0. The van der Waals surface area contributed by atoms with E-state index in [1.807, 2.05) is 34.8 Å². The zero-order valence-corrected chi connectivity index (χ0v) is 27.9. The Kier molecular flexibility index (Phi) is 5.52. The smallest absolute Gasteiger partial charge is 0.101 e. The highest BCUT2D eigenvalue weighted by molar-refractivity contribution is 7.27. The van der Waals surface area contributed by atoms with Crippen molar-refractivity contribution >= 4 is 107 Å². The Hall–Kier alpha value is -6.44.